The fourth-order valence-electron chi connectivity index (χ4n) is 4.31. The molecular formula is C20H24ClN5O2. The van der Waals surface area contributed by atoms with E-state index in [-0.39, 0.29) is 18.0 Å². The first-order valence-electron chi connectivity index (χ1n) is 9.95. The van der Waals surface area contributed by atoms with Gasteiger partial charge in [-0.25, -0.2) is 0 Å². The summed E-state index contributed by atoms with van der Waals surface area (Å²) in [5, 5.41) is 15.4. The van der Waals surface area contributed by atoms with Gasteiger partial charge in [-0.1, -0.05) is 16.7 Å². The molecule has 1 amide bonds. The summed E-state index contributed by atoms with van der Waals surface area (Å²) in [6.07, 6.45) is 5.67. The van der Waals surface area contributed by atoms with Crippen LogP contribution < -0.4 is 10.6 Å². The van der Waals surface area contributed by atoms with Crippen molar-refractivity contribution in [1.82, 2.24) is 15.1 Å². The zero-order valence-electron chi connectivity index (χ0n) is 15.9. The number of rotatable bonds is 4. The highest BCUT2D eigenvalue weighted by Crippen LogP contribution is 2.53. The number of piperidine rings is 1. The first kappa shape index (κ1) is 17.8. The van der Waals surface area contributed by atoms with Crippen LogP contribution in [0.15, 0.2) is 22.6 Å². The van der Waals surface area contributed by atoms with Gasteiger partial charge in [0.25, 0.3) is 0 Å². The van der Waals surface area contributed by atoms with Gasteiger partial charge in [-0.05, 0) is 61.8 Å². The van der Waals surface area contributed by atoms with E-state index in [0.717, 1.165) is 43.6 Å². The van der Waals surface area contributed by atoms with Crippen molar-refractivity contribution in [3.8, 4) is 0 Å². The molecule has 3 heterocycles. The molecule has 0 bridgehead atoms. The van der Waals surface area contributed by atoms with Crippen molar-refractivity contribution in [3.05, 3.63) is 34.7 Å². The molecule has 2 aromatic rings. The molecule has 2 atom stereocenters. The molecule has 2 N–H and O–H groups in total. The maximum atomic E-state index is 12.7. The standard InChI is InChI=1S/C20H24ClN5O2/c1-12(18(27)26-8-6-20(4-5-20)7-9-26)22-19-25-24-17(28-19)16-11-13-10-14(21)2-3-15(13)23-16/h2-3,10,12,16,23H,4-9,11H2,1H3,(H,22,25)/t12-,16+/m1/s1. The number of hydrogen-bond acceptors (Lipinski definition) is 6. The zero-order valence-corrected chi connectivity index (χ0v) is 16.6. The number of likely N-dealkylation sites (tertiary alicyclic amines) is 1. The highest BCUT2D eigenvalue weighted by atomic mass is 35.5. The summed E-state index contributed by atoms with van der Waals surface area (Å²) in [5.41, 5.74) is 2.72. The Hall–Kier alpha value is -2.28. The van der Waals surface area contributed by atoms with E-state index >= 15 is 0 Å². The van der Waals surface area contributed by atoms with Crippen molar-refractivity contribution < 1.29 is 9.21 Å². The monoisotopic (exact) mass is 401 g/mol. The third-order valence-electron chi connectivity index (χ3n) is 6.36. The van der Waals surface area contributed by atoms with E-state index in [1.807, 2.05) is 30.0 Å². The Morgan fingerprint density at radius 1 is 1.32 bits per heavy atom. The maximum absolute atomic E-state index is 12.7. The normalized spacial score (nSPS) is 23.2. The molecule has 1 aromatic carbocycles. The Labute approximate surface area is 168 Å². The average Bonchev–Trinajstić information content (AvgIpc) is 3.10. The number of benzene rings is 1. The fraction of sp³-hybridized carbons (Fsp3) is 0.550. The van der Waals surface area contributed by atoms with Gasteiger partial charge < -0.3 is 20.0 Å². The second kappa shape index (κ2) is 6.65. The lowest BCUT2D eigenvalue weighted by molar-refractivity contribution is -0.133. The van der Waals surface area contributed by atoms with Crippen molar-refractivity contribution in [2.24, 2.45) is 5.41 Å². The molecule has 1 aliphatic carbocycles. The fourth-order valence-corrected chi connectivity index (χ4v) is 4.51. The SMILES string of the molecule is C[C@@H](Nc1nnc([C@@H]2Cc3cc(Cl)ccc3N2)o1)C(=O)N1CCC2(CC1)CC2. The van der Waals surface area contributed by atoms with Gasteiger partial charge in [-0.15, -0.1) is 5.10 Å². The molecule has 28 heavy (non-hydrogen) atoms. The van der Waals surface area contributed by atoms with Crippen LogP contribution in [-0.2, 0) is 11.2 Å². The summed E-state index contributed by atoms with van der Waals surface area (Å²) in [5.74, 6) is 0.597. The van der Waals surface area contributed by atoms with Crippen molar-refractivity contribution in [2.45, 2.75) is 51.1 Å². The number of halogens is 1. The summed E-state index contributed by atoms with van der Waals surface area (Å²) in [6.45, 7) is 3.55. The molecule has 8 heteroatoms. The lowest BCUT2D eigenvalue weighted by Crippen LogP contribution is -2.45. The predicted octanol–water partition coefficient (Wildman–Crippen LogP) is 3.64. The Balaban J connectivity index is 1.19. The third kappa shape index (κ3) is 3.32. The molecule has 0 radical (unpaired) electrons. The first-order chi connectivity index (χ1) is 13.5. The highest BCUT2D eigenvalue weighted by molar-refractivity contribution is 6.30. The van der Waals surface area contributed by atoms with Crippen molar-refractivity contribution >= 4 is 29.2 Å². The highest BCUT2D eigenvalue weighted by Gasteiger charge is 2.45. The van der Waals surface area contributed by atoms with E-state index in [0.29, 0.717) is 16.3 Å². The van der Waals surface area contributed by atoms with Gasteiger partial charge in [-0.2, -0.15) is 0 Å². The molecule has 5 rings (SSSR count). The van der Waals surface area contributed by atoms with E-state index < -0.39 is 6.04 Å². The summed E-state index contributed by atoms with van der Waals surface area (Å²) < 4.78 is 5.78. The minimum atomic E-state index is -0.394. The van der Waals surface area contributed by atoms with E-state index in [9.17, 15) is 4.79 Å². The lowest BCUT2D eigenvalue weighted by atomic mass is 9.93. The van der Waals surface area contributed by atoms with Crippen LogP contribution in [0.1, 0.15) is 50.1 Å². The molecule has 148 valence electrons. The molecule has 7 nitrogen and oxygen atoms in total. The minimum Gasteiger partial charge on any atom is -0.406 e. The van der Waals surface area contributed by atoms with Crippen LogP contribution in [0.5, 0.6) is 0 Å². The van der Waals surface area contributed by atoms with Crippen LogP contribution in [0.2, 0.25) is 5.02 Å². The largest absolute Gasteiger partial charge is 0.406 e. The molecule has 2 aliphatic heterocycles. The predicted molar refractivity (Wildman–Crippen MR) is 106 cm³/mol. The Morgan fingerprint density at radius 3 is 2.86 bits per heavy atom. The van der Waals surface area contributed by atoms with Crippen molar-refractivity contribution in [1.29, 1.82) is 0 Å². The molecule has 0 unspecified atom stereocenters. The number of hydrogen-bond donors (Lipinski definition) is 2. The van der Waals surface area contributed by atoms with E-state index in [1.165, 1.54) is 12.8 Å². The van der Waals surface area contributed by atoms with Crippen molar-refractivity contribution in [3.63, 3.8) is 0 Å². The molecule has 1 saturated carbocycles. The van der Waals surface area contributed by atoms with Gasteiger partial charge in [0.2, 0.25) is 11.8 Å². The Morgan fingerprint density at radius 2 is 2.11 bits per heavy atom. The van der Waals surface area contributed by atoms with Gasteiger partial charge in [0.15, 0.2) is 0 Å². The summed E-state index contributed by atoms with van der Waals surface area (Å²) in [6, 6.07) is 5.56. The van der Waals surface area contributed by atoms with Gasteiger partial charge >= 0.3 is 6.01 Å². The molecule has 1 saturated heterocycles. The number of nitrogens with one attached hydrogen (secondary N) is 2. The number of amides is 1. The molecular weight excluding hydrogens is 378 g/mol. The number of carbonyl (C=O) groups excluding carboxylic acids is 1. The molecule has 2 fully saturated rings. The van der Waals surface area contributed by atoms with Crippen LogP contribution in [0, 0.1) is 5.41 Å². The van der Waals surface area contributed by atoms with Crippen LogP contribution >= 0.6 is 11.6 Å². The molecule has 1 aromatic heterocycles. The van der Waals surface area contributed by atoms with Crippen LogP contribution in [0.25, 0.3) is 0 Å². The van der Waals surface area contributed by atoms with E-state index in [2.05, 4.69) is 20.8 Å². The number of nitrogens with zero attached hydrogens (tertiary/aromatic N) is 3. The number of anilines is 2. The average molecular weight is 402 g/mol. The van der Waals surface area contributed by atoms with Crippen molar-refractivity contribution in [2.75, 3.05) is 23.7 Å². The minimum absolute atomic E-state index is 0.0839. The zero-order chi connectivity index (χ0) is 19.3. The van der Waals surface area contributed by atoms with Gasteiger partial charge in [-0.3, -0.25) is 4.79 Å². The van der Waals surface area contributed by atoms with Crippen LogP contribution in [0.3, 0.4) is 0 Å². The summed E-state index contributed by atoms with van der Waals surface area (Å²) in [7, 11) is 0. The number of fused-ring (bicyclic) bond motifs is 1. The van der Waals surface area contributed by atoms with E-state index in [4.69, 9.17) is 16.0 Å². The second-order valence-electron chi connectivity index (χ2n) is 8.34. The number of aromatic nitrogens is 2. The quantitative estimate of drug-likeness (QED) is 0.813. The van der Waals surface area contributed by atoms with Gasteiger partial charge in [0.05, 0.1) is 0 Å². The molecule has 3 aliphatic rings. The van der Waals surface area contributed by atoms with Gasteiger partial charge in [0, 0.05) is 30.2 Å². The Bertz CT molecular complexity index is 900. The molecule has 1 spiro atoms. The first-order valence-corrected chi connectivity index (χ1v) is 10.3. The van der Waals surface area contributed by atoms with Gasteiger partial charge in [0.1, 0.15) is 12.1 Å². The van der Waals surface area contributed by atoms with Crippen LogP contribution in [-0.4, -0.2) is 40.1 Å². The Kier molecular flexibility index (Phi) is 4.23. The number of carbonyl (C=O) groups is 1. The lowest BCUT2D eigenvalue weighted by Gasteiger charge is -2.33. The van der Waals surface area contributed by atoms with E-state index in [1.54, 1.807) is 0 Å². The van der Waals surface area contributed by atoms with Crippen LogP contribution in [0.4, 0.5) is 11.7 Å². The summed E-state index contributed by atoms with van der Waals surface area (Å²) >= 11 is 6.07. The second-order valence-corrected chi connectivity index (χ2v) is 8.78. The summed E-state index contributed by atoms with van der Waals surface area (Å²) in [4.78, 5) is 14.7. The topological polar surface area (TPSA) is 83.3 Å². The third-order valence-corrected chi connectivity index (χ3v) is 6.60. The maximum Gasteiger partial charge on any atom is 0.316 e. The smallest absolute Gasteiger partial charge is 0.316 e.